The lowest BCUT2D eigenvalue weighted by atomic mass is 10.2. The van der Waals surface area contributed by atoms with Crippen molar-refractivity contribution in [2.75, 3.05) is 6.61 Å². The summed E-state index contributed by atoms with van der Waals surface area (Å²) >= 11 is 0. The third-order valence-corrected chi connectivity index (χ3v) is 3.49. The van der Waals surface area contributed by atoms with Gasteiger partial charge in [0.25, 0.3) is 5.91 Å². The summed E-state index contributed by atoms with van der Waals surface area (Å²) in [5, 5.41) is 3.47. The summed E-state index contributed by atoms with van der Waals surface area (Å²) in [6, 6.07) is 10.6. The Morgan fingerprint density at radius 1 is 1.26 bits per heavy atom. The zero-order chi connectivity index (χ0) is 16.2. The monoisotopic (exact) mass is 312 g/mol. The number of aromatic nitrogens is 1. The van der Waals surface area contributed by atoms with E-state index in [1.165, 1.54) is 6.26 Å². The molecular formula is C17H16N2O4. The van der Waals surface area contributed by atoms with Crippen LogP contribution in [0.1, 0.15) is 29.1 Å². The topological polar surface area (TPSA) is 84.3 Å². The quantitative estimate of drug-likeness (QED) is 0.710. The van der Waals surface area contributed by atoms with E-state index < -0.39 is 5.97 Å². The number of carbonyl (C=O) groups is 2. The molecule has 0 saturated carbocycles. The average Bonchev–Trinajstić information content (AvgIpc) is 3.22. The van der Waals surface area contributed by atoms with E-state index in [9.17, 15) is 9.59 Å². The standard InChI is InChI=1S/C17H16N2O4/c1-11(15-7-4-8-22-15)19-16(20)10-23-17(21)13-9-18-14-6-3-2-5-12(13)14/h2-9,11,18H,10H2,1H3,(H,19,20)/t11-/m1/s1. The van der Waals surface area contributed by atoms with Crippen molar-refractivity contribution in [1.29, 1.82) is 0 Å². The van der Waals surface area contributed by atoms with Crippen molar-refractivity contribution in [3.05, 3.63) is 60.2 Å². The van der Waals surface area contributed by atoms with Crippen LogP contribution in [0.4, 0.5) is 0 Å². The largest absolute Gasteiger partial charge is 0.467 e. The van der Waals surface area contributed by atoms with Crippen LogP contribution >= 0.6 is 0 Å². The normalized spacial score (nSPS) is 12.0. The Morgan fingerprint density at radius 2 is 2.09 bits per heavy atom. The van der Waals surface area contributed by atoms with E-state index >= 15 is 0 Å². The van der Waals surface area contributed by atoms with Crippen molar-refractivity contribution in [3.63, 3.8) is 0 Å². The van der Waals surface area contributed by atoms with Crippen LogP contribution in [-0.4, -0.2) is 23.5 Å². The van der Waals surface area contributed by atoms with Crippen LogP contribution in [0.5, 0.6) is 0 Å². The zero-order valence-electron chi connectivity index (χ0n) is 12.5. The van der Waals surface area contributed by atoms with Gasteiger partial charge in [-0.3, -0.25) is 4.79 Å². The summed E-state index contributed by atoms with van der Waals surface area (Å²) in [7, 11) is 0. The van der Waals surface area contributed by atoms with E-state index in [2.05, 4.69) is 10.3 Å². The summed E-state index contributed by atoms with van der Waals surface area (Å²) in [5.74, 6) is -0.286. The molecule has 1 amide bonds. The first kappa shape index (κ1) is 14.9. The van der Waals surface area contributed by atoms with Crippen LogP contribution in [0.3, 0.4) is 0 Å². The number of hydrogen-bond acceptors (Lipinski definition) is 4. The van der Waals surface area contributed by atoms with Gasteiger partial charge in [-0.2, -0.15) is 0 Å². The lowest BCUT2D eigenvalue weighted by Gasteiger charge is -2.11. The van der Waals surface area contributed by atoms with E-state index in [1.807, 2.05) is 24.3 Å². The molecule has 0 spiro atoms. The molecule has 2 N–H and O–H groups in total. The number of benzene rings is 1. The fraction of sp³-hybridized carbons (Fsp3) is 0.176. The minimum absolute atomic E-state index is 0.288. The molecule has 0 aliphatic heterocycles. The molecule has 0 aliphatic rings. The summed E-state index contributed by atoms with van der Waals surface area (Å²) in [4.78, 5) is 26.9. The van der Waals surface area contributed by atoms with Gasteiger partial charge in [0.1, 0.15) is 5.76 Å². The van der Waals surface area contributed by atoms with E-state index in [4.69, 9.17) is 9.15 Å². The Bertz CT molecular complexity index is 820. The molecule has 2 heterocycles. The molecule has 0 saturated heterocycles. The fourth-order valence-corrected chi connectivity index (χ4v) is 2.34. The smallest absolute Gasteiger partial charge is 0.340 e. The Hall–Kier alpha value is -3.02. The molecule has 0 aliphatic carbocycles. The molecule has 0 radical (unpaired) electrons. The van der Waals surface area contributed by atoms with E-state index in [-0.39, 0.29) is 18.6 Å². The van der Waals surface area contributed by atoms with Gasteiger partial charge in [0.15, 0.2) is 6.61 Å². The highest BCUT2D eigenvalue weighted by molar-refractivity contribution is 6.04. The highest BCUT2D eigenvalue weighted by Gasteiger charge is 2.16. The minimum atomic E-state index is -0.539. The molecule has 1 aromatic carbocycles. The van der Waals surface area contributed by atoms with Crippen molar-refractivity contribution in [2.24, 2.45) is 0 Å². The molecule has 6 heteroatoms. The highest BCUT2D eigenvalue weighted by atomic mass is 16.5. The molecule has 2 aromatic heterocycles. The van der Waals surface area contributed by atoms with Gasteiger partial charge < -0.3 is 19.5 Å². The SMILES string of the molecule is C[C@@H](NC(=O)COC(=O)c1c[nH]c2ccccc12)c1ccco1. The lowest BCUT2D eigenvalue weighted by Crippen LogP contribution is -2.30. The van der Waals surface area contributed by atoms with Crippen LogP contribution in [-0.2, 0) is 9.53 Å². The van der Waals surface area contributed by atoms with Gasteiger partial charge in [-0.1, -0.05) is 18.2 Å². The number of ether oxygens (including phenoxy) is 1. The number of carbonyl (C=O) groups excluding carboxylic acids is 2. The van der Waals surface area contributed by atoms with Gasteiger partial charge in [-0.25, -0.2) is 4.79 Å². The number of H-pyrrole nitrogens is 1. The Labute approximate surface area is 132 Å². The van der Waals surface area contributed by atoms with Gasteiger partial charge in [0, 0.05) is 17.1 Å². The van der Waals surface area contributed by atoms with Crippen molar-refractivity contribution in [3.8, 4) is 0 Å². The number of hydrogen-bond donors (Lipinski definition) is 2. The second-order valence-electron chi connectivity index (χ2n) is 5.13. The highest BCUT2D eigenvalue weighted by Crippen LogP contribution is 2.18. The molecule has 118 valence electrons. The number of nitrogens with one attached hydrogen (secondary N) is 2. The first-order valence-electron chi connectivity index (χ1n) is 7.21. The molecule has 3 aromatic rings. The minimum Gasteiger partial charge on any atom is -0.467 e. The molecule has 0 unspecified atom stereocenters. The maximum atomic E-state index is 12.1. The molecule has 1 atom stereocenters. The number of aromatic amines is 1. The summed E-state index contributed by atoms with van der Waals surface area (Å²) < 4.78 is 10.3. The number of furan rings is 1. The lowest BCUT2D eigenvalue weighted by molar-refractivity contribution is -0.125. The summed E-state index contributed by atoms with van der Waals surface area (Å²) in [5.41, 5.74) is 1.25. The first-order chi connectivity index (χ1) is 11.1. The van der Waals surface area contributed by atoms with E-state index in [0.29, 0.717) is 11.3 Å². The van der Waals surface area contributed by atoms with Gasteiger partial charge in [0.2, 0.25) is 0 Å². The second kappa shape index (κ2) is 6.39. The van der Waals surface area contributed by atoms with Gasteiger partial charge >= 0.3 is 5.97 Å². The molecule has 6 nitrogen and oxygen atoms in total. The van der Waals surface area contributed by atoms with Crippen LogP contribution in [0, 0.1) is 0 Å². The van der Waals surface area contributed by atoms with Gasteiger partial charge in [-0.15, -0.1) is 0 Å². The van der Waals surface area contributed by atoms with Crippen LogP contribution < -0.4 is 5.32 Å². The summed E-state index contributed by atoms with van der Waals surface area (Å²) in [6.07, 6.45) is 3.12. The average molecular weight is 312 g/mol. The number of amides is 1. The van der Waals surface area contributed by atoms with Crippen molar-refractivity contribution in [1.82, 2.24) is 10.3 Å². The fourth-order valence-electron chi connectivity index (χ4n) is 2.34. The Balaban J connectivity index is 1.57. The molecule has 23 heavy (non-hydrogen) atoms. The zero-order valence-corrected chi connectivity index (χ0v) is 12.5. The second-order valence-corrected chi connectivity index (χ2v) is 5.13. The number of fused-ring (bicyclic) bond motifs is 1. The van der Waals surface area contributed by atoms with Gasteiger partial charge in [-0.05, 0) is 25.1 Å². The Morgan fingerprint density at radius 3 is 2.87 bits per heavy atom. The molecule has 0 bridgehead atoms. The maximum absolute atomic E-state index is 12.1. The molecule has 3 rings (SSSR count). The molecule has 0 fully saturated rings. The predicted molar refractivity (Wildman–Crippen MR) is 83.8 cm³/mol. The van der Waals surface area contributed by atoms with Crippen LogP contribution in [0.2, 0.25) is 0 Å². The predicted octanol–water partition coefficient (Wildman–Crippen LogP) is 2.80. The third kappa shape index (κ3) is 3.26. The summed E-state index contributed by atoms with van der Waals surface area (Å²) in [6.45, 7) is 1.45. The van der Waals surface area contributed by atoms with E-state index in [0.717, 1.165) is 10.9 Å². The maximum Gasteiger partial charge on any atom is 0.340 e. The molecular weight excluding hydrogens is 296 g/mol. The van der Waals surface area contributed by atoms with Crippen molar-refractivity contribution < 1.29 is 18.7 Å². The first-order valence-corrected chi connectivity index (χ1v) is 7.21. The van der Waals surface area contributed by atoms with Gasteiger partial charge in [0.05, 0.1) is 17.9 Å². The third-order valence-electron chi connectivity index (χ3n) is 3.49. The number of para-hydroxylation sites is 1. The van der Waals surface area contributed by atoms with Crippen LogP contribution in [0.15, 0.2) is 53.3 Å². The van der Waals surface area contributed by atoms with E-state index in [1.54, 1.807) is 25.3 Å². The number of rotatable bonds is 5. The van der Waals surface area contributed by atoms with Crippen molar-refractivity contribution >= 4 is 22.8 Å². The Kier molecular flexibility index (Phi) is 4.14. The van der Waals surface area contributed by atoms with Crippen LogP contribution in [0.25, 0.3) is 10.9 Å². The van der Waals surface area contributed by atoms with Crippen molar-refractivity contribution in [2.45, 2.75) is 13.0 Å². The number of esters is 1.